The van der Waals surface area contributed by atoms with Crippen LogP contribution in [-0.2, 0) is 0 Å². The second kappa shape index (κ2) is 12.4. The van der Waals surface area contributed by atoms with E-state index in [0.717, 1.165) is 20.0 Å². The Balaban J connectivity index is 1.35. The first-order valence-electron chi connectivity index (χ1n) is 17.6. The predicted octanol–water partition coefficient (Wildman–Crippen LogP) is 8.36. The van der Waals surface area contributed by atoms with E-state index in [0.29, 0.717) is 0 Å². The molecule has 0 aromatic heterocycles. The van der Waals surface area contributed by atoms with Gasteiger partial charge in [0.25, 0.3) is 0 Å². The van der Waals surface area contributed by atoms with Crippen LogP contribution in [0.2, 0.25) is 0 Å². The smallest absolute Gasteiger partial charge is 0.313 e. The van der Waals surface area contributed by atoms with Gasteiger partial charge in [0.2, 0.25) is 0 Å². The molecular formula is C42H50BN6-. The molecular weight excluding hydrogens is 599 g/mol. The van der Waals surface area contributed by atoms with E-state index in [2.05, 4.69) is 195 Å². The van der Waals surface area contributed by atoms with Gasteiger partial charge < -0.3 is 29.1 Å². The number of aryl methyl sites for hydroxylation is 9. The zero-order valence-corrected chi connectivity index (χ0v) is 30.7. The van der Waals surface area contributed by atoms with Crippen LogP contribution >= 0.6 is 0 Å². The average molecular weight is 650 g/mol. The normalized spacial score (nSPS) is 15.9. The van der Waals surface area contributed by atoms with Gasteiger partial charge in [-0.15, -0.1) is 5.46 Å². The van der Waals surface area contributed by atoms with Crippen LogP contribution in [0, 0.1) is 62.3 Å². The number of hydrogen-bond donors (Lipinski definition) is 0. The molecule has 6 nitrogen and oxygen atoms in total. The summed E-state index contributed by atoms with van der Waals surface area (Å²) in [6, 6.07) is 24.9. The molecule has 0 bridgehead atoms. The van der Waals surface area contributed by atoms with Gasteiger partial charge in [0.15, 0.2) is 0 Å². The van der Waals surface area contributed by atoms with E-state index in [9.17, 15) is 0 Å². The minimum absolute atomic E-state index is 0.736. The van der Waals surface area contributed by atoms with E-state index in [4.69, 9.17) is 0 Å². The highest BCUT2D eigenvalue weighted by Gasteiger charge is 2.46. The summed E-state index contributed by atoms with van der Waals surface area (Å²) in [5.41, 5.74) is 16.9. The monoisotopic (exact) mass is 649 g/mol. The molecule has 252 valence electrons. The summed E-state index contributed by atoms with van der Waals surface area (Å²) in [7, 11) is 0. The van der Waals surface area contributed by atoms with Crippen molar-refractivity contribution in [2.75, 3.05) is 34.7 Å². The maximum absolute atomic E-state index is 2.58. The van der Waals surface area contributed by atoms with Crippen molar-refractivity contribution in [2.45, 2.75) is 62.3 Å². The van der Waals surface area contributed by atoms with Crippen LogP contribution in [0.1, 0.15) is 50.1 Å². The topological polar surface area (TPSA) is 19.4 Å². The fraction of sp³-hybridized carbons (Fsp3) is 0.286. The van der Waals surface area contributed by atoms with E-state index in [-0.39, 0.29) is 0 Å². The predicted molar refractivity (Wildman–Crippen MR) is 209 cm³/mol. The molecule has 0 N–H and O–H groups in total. The number of anilines is 3. The van der Waals surface area contributed by atoms with Crippen molar-refractivity contribution >= 4 is 29.1 Å². The molecule has 4 aromatic carbocycles. The molecule has 0 saturated carbocycles. The summed E-state index contributed by atoms with van der Waals surface area (Å²) in [6.07, 6.45) is 13.8. The van der Waals surface area contributed by atoms with Crippen LogP contribution in [0.15, 0.2) is 104 Å². The third kappa shape index (κ3) is 5.55. The molecule has 0 unspecified atom stereocenters. The summed E-state index contributed by atoms with van der Waals surface area (Å²) in [6.45, 7) is 20.5. The van der Waals surface area contributed by atoms with Gasteiger partial charge in [-0.2, -0.15) is 0 Å². The minimum Gasteiger partial charge on any atom is -0.494 e. The molecule has 0 saturated heterocycles. The molecule has 0 spiro atoms. The van der Waals surface area contributed by atoms with Gasteiger partial charge in [-0.1, -0.05) is 83.4 Å². The molecule has 49 heavy (non-hydrogen) atoms. The lowest BCUT2D eigenvalue weighted by atomic mass is 9.48. The standard InChI is InChI=1S/C42H50BN6/c1-30-21-33(4)40(34(5)22-30)44-15-18-47(27-44)43(39-13-11-10-12-14-39,48-19-16-45(28-48)41-35(6)23-31(2)24-36(41)7)49-20-17-46(29-49)42-37(8)25-32(3)26-38(42)9/h10-26H,27-29H2,1-9H3/q-1. The summed E-state index contributed by atoms with van der Waals surface area (Å²) >= 11 is 0. The van der Waals surface area contributed by atoms with Gasteiger partial charge in [-0.25, -0.2) is 0 Å². The van der Waals surface area contributed by atoms with Crippen LogP contribution in [-0.4, -0.2) is 41.0 Å². The van der Waals surface area contributed by atoms with Crippen LogP contribution in [0.3, 0.4) is 0 Å². The Bertz CT molecular complexity index is 1730. The molecule has 7 heteroatoms. The number of rotatable bonds is 7. The molecule has 3 aliphatic rings. The molecule has 4 aromatic rings. The molecule has 0 atom stereocenters. The Morgan fingerprint density at radius 1 is 0.388 bits per heavy atom. The second-order valence-corrected chi connectivity index (χ2v) is 14.7. The Kier molecular flexibility index (Phi) is 8.26. The van der Waals surface area contributed by atoms with Crippen molar-refractivity contribution in [3.8, 4) is 0 Å². The number of nitrogens with zero attached hydrogens (tertiary/aromatic N) is 6. The summed E-state index contributed by atoms with van der Waals surface area (Å²) < 4.78 is 0. The zero-order chi connectivity index (χ0) is 34.6. The third-order valence-corrected chi connectivity index (χ3v) is 10.7. The molecule has 3 heterocycles. The SMILES string of the molecule is Cc1cc(C)c(N2C=CN([B-](c3ccccc3)(N3C=CN(c4c(C)cc(C)cc4C)C3)N3C=CN(c4c(C)cc(C)cc4C)C3)C2)c(C)c1. The van der Waals surface area contributed by atoms with Crippen molar-refractivity contribution in [1.82, 2.24) is 14.4 Å². The van der Waals surface area contributed by atoms with Gasteiger partial charge in [0.05, 0.1) is 20.0 Å². The maximum Gasteiger partial charge on any atom is 0.313 e. The van der Waals surface area contributed by atoms with E-state index >= 15 is 0 Å². The first-order valence-corrected chi connectivity index (χ1v) is 17.6. The van der Waals surface area contributed by atoms with Crippen LogP contribution < -0.4 is 20.2 Å². The lowest BCUT2D eigenvalue weighted by Gasteiger charge is -2.61. The van der Waals surface area contributed by atoms with Crippen molar-refractivity contribution in [3.05, 3.63) is 154 Å². The van der Waals surface area contributed by atoms with Gasteiger partial charge in [0.1, 0.15) is 0 Å². The quantitative estimate of drug-likeness (QED) is 0.186. The number of hydrogen-bond acceptors (Lipinski definition) is 6. The van der Waals surface area contributed by atoms with Crippen molar-refractivity contribution in [2.24, 2.45) is 0 Å². The highest BCUT2D eigenvalue weighted by molar-refractivity contribution is 6.85. The van der Waals surface area contributed by atoms with E-state index < -0.39 is 6.55 Å². The van der Waals surface area contributed by atoms with Gasteiger partial charge in [-0.05, 0) is 114 Å². The minimum atomic E-state index is -1.68. The van der Waals surface area contributed by atoms with Gasteiger partial charge >= 0.3 is 6.55 Å². The van der Waals surface area contributed by atoms with E-state index in [1.54, 1.807) is 0 Å². The Morgan fingerprint density at radius 2 is 0.673 bits per heavy atom. The van der Waals surface area contributed by atoms with E-state index in [1.165, 1.54) is 72.6 Å². The zero-order valence-electron chi connectivity index (χ0n) is 30.7. The van der Waals surface area contributed by atoms with E-state index in [1.807, 2.05) is 0 Å². The lowest BCUT2D eigenvalue weighted by Crippen LogP contribution is -2.78. The molecule has 7 rings (SSSR count). The molecule has 3 aliphatic heterocycles. The number of benzene rings is 4. The summed E-state index contributed by atoms with van der Waals surface area (Å²) in [5.74, 6) is 0. The molecule has 0 amide bonds. The molecule has 0 radical (unpaired) electrons. The second-order valence-electron chi connectivity index (χ2n) is 14.7. The first kappa shape index (κ1) is 32.5. The highest BCUT2D eigenvalue weighted by Crippen LogP contribution is 2.38. The first-order chi connectivity index (χ1) is 23.5. The molecule has 0 fully saturated rings. The summed E-state index contributed by atoms with van der Waals surface area (Å²) in [5, 5.41) is 0. The van der Waals surface area contributed by atoms with Gasteiger partial charge in [0, 0.05) is 35.7 Å². The largest absolute Gasteiger partial charge is 0.494 e. The van der Waals surface area contributed by atoms with Crippen LogP contribution in [0.25, 0.3) is 0 Å². The summed E-state index contributed by atoms with van der Waals surface area (Å²) in [4.78, 5) is 15.0. The molecule has 0 aliphatic carbocycles. The average Bonchev–Trinajstić information content (AvgIpc) is 3.80. The maximum atomic E-state index is 2.58. The van der Waals surface area contributed by atoms with Crippen molar-refractivity contribution < 1.29 is 0 Å². The lowest BCUT2D eigenvalue weighted by molar-refractivity contribution is 0.394. The van der Waals surface area contributed by atoms with Crippen LogP contribution in [0.5, 0.6) is 0 Å². The van der Waals surface area contributed by atoms with Gasteiger partial charge in [-0.3, -0.25) is 0 Å². The third-order valence-electron chi connectivity index (χ3n) is 10.7. The highest BCUT2D eigenvalue weighted by atomic mass is 15.5. The Hall–Kier alpha value is -5.04. The van der Waals surface area contributed by atoms with Crippen molar-refractivity contribution in [3.63, 3.8) is 0 Å². The fourth-order valence-electron chi connectivity index (χ4n) is 9.18. The van der Waals surface area contributed by atoms with Crippen molar-refractivity contribution in [1.29, 1.82) is 0 Å². The Labute approximate surface area is 293 Å². The fourth-order valence-corrected chi connectivity index (χ4v) is 9.18. The Morgan fingerprint density at radius 3 is 0.959 bits per heavy atom. The van der Waals surface area contributed by atoms with Crippen LogP contribution in [0.4, 0.5) is 17.1 Å².